The van der Waals surface area contributed by atoms with E-state index in [0.29, 0.717) is 17.0 Å². The number of aromatic nitrogens is 1. The van der Waals surface area contributed by atoms with Crippen LogP contribution >= 0.6 is 11.3 Å². The molecule has 0 bridgehead atoms. The number of benzene rings is 1. The predicted molar refractivity (Wildman–Crippen MR) is 83.7 cm³/mol. The lowest BCUT2D eigenvalue weighted by atomic mass is 10.1. The zero-order valence-electron chi connectivity index (χ0n) is 12.2. The van der Waals surface area contributed by atoms with E-state index in [1.54, 1.807) is 13.2 Å². The Hall–Kier alpha value is -1.66. The molecular weight excluding hydrogens is 291 g/mol. The van der Waals surface area contributed by atoms with Gasteiger partial charge in [0.1, 0.15) is 11.6 Å². The van der Waals surface area contributed by atoms with Gasteiger partial charge in [-0.15, -0.1) is 11.3 Å². The van der Waals surface area contributed by atoms with Crippen molar-refractivity contribution in [2.24, 2.45) is 0 Å². The molecule has 0 radical (unpaired) electrons. The van der Waals surface area contributed by atoms with E-state index >= 15 is 0 Å². The monoisotopic (exact) mass is 310 g/mol. The van der Waals surface area contributed by atoms with Gasteiger partial charge < -0.3 is 14.8 Å². The quantitative estimate of drug-likeness (QED) is 0.753. The molecule has 1 aromatic carbocycles. The van der Waals surface area contributed by atoms with Crippen molar-refractivity contribution in [1.82, 2.24) is 4.98 Å². The second-order valence-corrected chi connectivity index (χ2v) is 5.22. The molecule has 0 aliphatic heterocycles. The maximum Gasteiger partial charge on any atom is 0.183 e. The highest BCUT2D eigenvalue weighted by atomic mass is 32.1. The number of hydrogen-bond acceptors (Lipinski definition) is 5. The van der Waals surface area contributed by atoms with Gasteiger partial charge in [-0.05, 0) is 31.5 Å². The Kier molecular flexibility index (Phi) is 5.95. The van der Waals surface area contributed by atoms with Crippen LogP contribution in [0.3, 0.4) is 0 Å². The van der Waals surface area contributed by atoms with E-state index in [1.807, 2.05) is 12.3 Å². The number of rotatable bonds is 8. The third-order valence-electron chi connectivity index (χ3n) is 2.89. The summed E-state index contributed by atoms with van der Waals surface area (Å²) in [5, 5.41) is 5.94. The Morgan fingerprint density at radius 2 is 2.24 bits per heavy atom. The van der Waals surface area contributed by atoms with E-state index in [1.165, 1.54) is 23.5 Å². The SMILES string of the molecule is CCOCCCNc1nc(-c2cc(F)ccc2OC)cs1. The first-order valence-corrected chi connectivity index (χ1v) is 7.73. The number of halogens is 1. The van der Waals surface area contributed by atoms with Crippen molar-refractivity contribution in [3.63, 3.8) is 0 Å². The van der Waals surface area contributed by atoms with Crippen LogP contribution in [0.15, 0.2) is 23.6 Å². The third kappa shape index (κ3) is 4.41. The van der Waals surface area contributed by atoms with Crippen LogP contribution < -0.4 is 10.1 Å². The van der Waals surface area contributed by atoms with Crippen LogP contribution in [0, 0.1) is 5.82 Å². The molecule has 1 N–H and O–H groups in total. The molecule has 4 nitrogen and oxygen atoms in total. The zero-order valence-corrected chi connectivity index (χ0v) is 13.0. The van der Waals surface area contributed by atoms with E-state index in [0.717, 1.165) is 31.3 Å². The average Bonchev–Trinajstić information content (AvgIpc) is 2.96. The Balaban J connectivity index is 2.01. The van der Waals surface area contributed by atoms with Gasteiger partial charge in [0.25, 0.3) is 0 Å². The van der Waals surface area contributed by atoms with Gasteiger partial charge >= 0.3 is 0 Å². The van der Waals surface area contributed by atoms with Crippen molar-refractivity contribution in [2.45, 2.75) is 13.3 Å². The summed E-state index contributed by atoms with van der Waals surface area (Å²) in [6, 6.07) is 4.42. The maximum atomic E-state index is 13.4. The summed E-state index contributed by atoms with van der Waals surface area (Å²) >= 11 is 1.49. The number of ether oxygens (including phenoxy) is 2. The summed E-state index contributed by atoms with van der Waals surface area (Å²) in [5.74, 6) is 0.314. The second kappa shape index (κ2) is 7.95. The molecule has 0 aliphatic carbocycles. The highest BCUT2D eigenvalue weighted by molar-refractivity contribution is 7.14. The van der Waals surface area contributed by atoms with Gasteiger partial charge in [-0.1, -0.05) is 0 Å². The fourth-order valence-electron chi connectivity index (χ4n) is 1.87. The summed E-state index contributed by atoms with van der Waals surface area (Å²) < 4.78 is 23.9. The smallest absolute Gasteiger partial charge is 0.183 e. The summed E-state index contributed by atoms with van der Waals surface area (Å²) in [4.78, 5) is 4.47. The highest BCUT2D eigenvalue weighted by Crippen LogP contribution is 2.32. The number of methoxy groups -OCH3 is 1. The van der Waals surface area contributed by atoms with Crippen molar-refractivity contribution in [3.8, 4) is 17.0 Å². The Morgan fingerprint density at radius 1 is 1.38 bits per heavy atom. The first-order chi connectivity index (χ1) is 10.2. The average molecular weight is 310 g/mol. The molecule has 0 aliphatic rings. The van der Waals surface area contributed by atoms with Crippen LogP contribution in [0.25, 0.3) is 11.3 Å². The van der Waals surface area contributed by atoms with Crippen molar-refractivity contribution in [2.75, 3.05) is 32.2 Å². The summed E-state index contributed by atoms with van der Waals surface area (Å²) in [5.41, 5.74) is 1.37. The van der Waals surface area contributed by atoms with E-state index in [4.69, 9.17) is 9.47 Å². The van der Waals surface area contributed by atoms with E-state index < -0.39 is 0 Å². The van der Waals surface area contributed by atoms with E-state index in [-0.39, 0.29) is 5.82 Å². The second-order valence-electron chi connectivity index (χ2n) is 4.36. The molecule has 0 saturated heterocycles. The topological polar surface area (TPSA) is 43.4 Å². The summed E-state index contributed by atoms with van der Waals surface area (Å²) in [6.45, 7) is 4.25. The molecule has 0 fully saturated rings. The third-order valence-corrected chi connectivity index (χ3v) is 3.69. The van der Waals surface area contributed by atoms with Gasteiger partial charge in [0.2, 0.25) is 0 Å². The van der Waals surface area contributed by atoms with Gasteiger partial charge in [0.15, 0.2) is 5.13 Å². The number of nitrogens with one attached hydrogen (secondary N) is 1. The molecule has 1 aromatic heterocycles. The lowest BCUT2D eigenvalue weighted by Crippen LogP contribution is -2.05. The highest BCUT2D eigenvalue weighted by Gasteiger charge is 2.11. The molecule has 0 unspecified atom stereocenters. The molecule has 1 heterocycles. The van der Waals surface area contributed by atoms with Crippen molar-refractivity contribution in [1.29, 1.82) is 0 Å². The van der Waals surface area contributed by atoms with Crippen molar-refractivity contribution >= 4 is 16.5 Å². The molecular formula is C15H19FN2O2S. The van der Waals surface area contributed by atoms with Crippen LogP contribution in [0.4, 0.5) is 9.52 Å². The summed E-state index contributed by atoms with van der Waals surface area (Å²) in [7, 11) is 1.57. The van der Waals surface area contributed by atoms with Crippen LogP contribution in [0.5, 0.6) is 5.75 Å². The standard InChI is InChI=1S/C15H19FN2O2S/c1-3-20-8-4-7-17-15-18-13(10-21-15)12-9-11(16)5-6-14(12)19-2/h5-6,9-10H,3-4,7-8H2,1-2H3,(H,17,18). The zero-order chi connectivity index (χ0) is 15.1. The van der Waals surface area contributed by atoms with Crippen LogP contribution in [-0.4, -0.2) is 31.9 Å². The van der Waals surface area contributed by atoms with Gasteiger partial charge in [-0.3, -0.25) is 0 Å². The molecule has 0 amide bonds. The van der Waals surface area contributed by atoms with Crippen molar-refractivity contribution in [3.05, 3.63) is 29.4 Å². The molecule has 0 atom stereocenters. The van der Waals surface area contributed by atoms with Crippen LogP contribution in [0.2, 0.25) is 0 Å². The van der Waals surface area contributed by atoms with E-state index in [2.05, 4.69) is 10.3 Å². The minimum Gasteiger partial charge on any atom is -0.496 e. The van der Waals surface area contributed by atoms with Gasteiger partial charge in [0, 0.05) is 30.7 Å². The minimum atomic E-state index is -0.301. The fraction of sp³-hybridized carbons (Fsp3) is 0.400. The van der Waals surface area contributed by atoms with Crippen molar-refractivity contribution < 1.29 is 13.9 Å². The molecule has 2 aromatic rings. The van der Waals surface area contributed by atoms with Crippen LogP contribution in [-0.2, 0) is 4.74 Å². The molecule has 2 rings (SSSR count). The lowest BCUT2D eigenvalue weighted by molar-refractivity contribution is 0.147. The van der Waals surface area contributed by atoms with Gasteiger partial charge in [-0.25, -0.2) is 9.37 Å². The molecule has 114 valence electrons. The number of thiazole rings is 1. The number of nitrogens with zero attached hydrogens (tertiary/aromatic N) is 1. The Bertz CT molecular complexity index is 575. The Labute approximate surface area is 127 Å². The predicted octanol–water partition coefficient (Wildman–Crippen LogP) is 3.80. The molecule has 6 heteroatoms. The molecule has 0 spiro atoms. The normalized spacial score (nSPS) is 10.6. The molecule has 0 saturated carbocycles. The number of anilines is 1. The largest absolute Gasteiger partial charge is 0.496 e. The lowest BCUT2D eigenvalue weighted by Gasteiger charge is -2.06. The maximum absolute atomic E-state index is 13.4. The minimum absolute atomic E-state index is 0.301. The van der Waals surface area contributed by atoms with E-state index in [9.17, 15) is 4.39 Å². The van der Waals surface area contributed by atoms with Gasteiger partial charge in [0.05, 0.1) is 12.8 Å². The first-order valence-electron chi connectivity index (χ1n) is 6.85. The summed E-state index contributed by atoms with van der Waals surface area (Å²) in [6.07, 6.45) is 0.923. The van der Waals surface area contributed by atoms with Gasteiger partial charge in [-0.2, -0.15) is 0 Å². The first kappa shape index (κ1) is 15.7. The van der Waals surface area contributed by atoms with Crippen LogP contribution in [0.1, 0.15) is 13.3 Å². The fourth-order valence-corrected chi connectivity index (χ4v) is 2.61. The number of hydrogen-bond donors (Lipinski definition) is 1. The Morgan fingerprint density at radius 3 is 3.00 bits per heavy atom. The molecule has 21 heavy (non-hydrogen) atoms.